The summed E-state index contributed by atoms with van der Waals surface area (Å²) >= 11 is 0. The SMILES string of the molecule is CCc1cccc(CC)c1NC(=O)COc1cccc(CO)c1. The Labute approximate surface area is 137 Å². The highest BCUT2D eigenvalue weighted by Crippen LogP contribution is 2.22. The molecule has 23 heavy (non-hydrogen) atoms. The number of ether oxygens (including phenoxy) is 1. The van der Waals surface area contributed by atoms with Gasteiger partial charge < -0.3 is 15.2 Å². The van der Waals surface area contributed by atoms with Crippen LogP contribution >= 0.6 is 0 Å². The fourth-order valence-corrected chi connectivity index (χ4v) is 2.46. The molecule has 0 radical (unpaired) electrons. The number of nitrogens with one attached hydrogen (secondary N) is 1. The third kappa shape index (κ3) is 4.57. The summed E-state index contributed by atoms with van der Waals surface area (Å²) in [7, 11) is 0. The van der Waals surface area contributed by atoms with Gasteiger partial charge in [-0.25, -0.2) is 0 Å². The van der Waals surface area contributed by atoms with Gasteiger partial charge in [0.05, 0.1) is 6.61 Å². The monoisotopic (exact) mass is 313 g/mol. The highest BCUT2D eigenvalue weighted by molar-refractivity contribution is 5.93. The number of benzene rings is 2. The number of carbonyl (C=O) groups is 1. The lowest BCUT2D eigenvalue weighted by Gasteiger charge is -2.15. The lowest BCUT2D eigenvalue weighted by molar-refractivity contribution is -0.118. The maximum atomic E-state index is 12.2. The molecule has 2 aromatic carbocycles. The maximum absolute atomic E-state index is 12.2. The minimum atomic E-state index is -0.185. The first-order chi connectivity index (χ1) is 11.2. The number of hydrogen-bond donors (Lipinski definition) is 2. The van der Waals surface area contributed by atoms with E-state index in [0.29, 0.717) is 5.75 Å². The van der Waals surface area contributed by atoms with Gasteiger partial charge in [0.1, 0.15) is 5.75 Å². The zero-order valence-corrected chi connectivity index (χ0v) is 13.6. The van der Waals surface area contributed by atoms with Crippen molar-refractivity contribution in [2.45, 2.75) is 33.3 Å². The second kappa shape index (κ2) is 8.34. The van der Waals surface area contributed by atoms with Crippen molar-refractivity contribution < 1.29 is 14.6 Å². The van der Waals surface area contributed by atoms with E-state index in [-0.39, 0.29) is 19.1 Å². The number of amides is 1. The number of aryl methyl sites for hydroxylation is 2. The fourth-order valence-electron chi connectivity index (χ4n) is 2.46. The van der Waals surface area contributed by atoms with Crippen LogP contribution in [0.1, 0.15) is 30.5 Å². The van der Waals surface area contributed by atoms with Crippen molar-refractivity contribution in [2.75, 3.05) is 11.9 Å². The first-order valence-electron chi connectivity index (χ1n) is 7.91. The summed E-state index contributed by atoms with van der Waals surface area (Å²) < 4.78 is 5.51. The lowest BCUT2D eigenvalue weighted by Crippen LogP contribution is -2.21. The van der Waals surface area contributed by atoms with Crippen LogP contribution in [0.2, 0.25) is 0 Å². The van der Waals surface area contributed by atoms with Gasteiger partial charge in [0, 0.05) is 5.69 Å². The van der Waals surface area contributed by atoms with Crippen molar-refractivity contribution in [1.29, 1.82) is 0 Å². The van der Waals surface area contributed by atoms with Crippen molar-refractivity contribution in [2.24, 2.45) is 0 Å². The third-order valence-electron chi connectivity index (χ3n) is 3.71. The molecule has 2 aromatic rings. The summed E-state index contributed by atoms with van der Waals surface area (Å²) in [6.07, 6.45) is 1.73. The Morgan fingerprint density at radius 1 is 1.09 bits per heavy atom. The van der Waals surface area contributed by atoms with Crippen LogP contribution in [0.25, 0.3) is 0 Å². The molecule has 0 heterocycles. The van der Waals surface area contributed by atoms with Crippen LogP contribution in [0.5, 0.6) is 5.75 Å². The molecule has 122 valence electrons. The smallest absolute Gasteiger partial charge is 0.262 e. The van der Waals surface area contributed by atoms with Gasteiger partial charge in [0.15, 0.2) is 6.61 Å². The minimum Gasteiger partial charge on any atom is -0.484 e. The molecule has 0 bridgehead atoms. The Morgan fingerprint density at radius 3 is 2.35 bits per heavy atom. The molecule has 1 amide bonds. The predicted octanol–water partition coefficient (Wildman–Crippen LogP) is 3.32. The van der Waals surface area contributed by atoms with Crippen molar-refractivity contribution >= 4 is 11.6 Å². The van der Waals surface area contributed by atoms with E-state index in [1.165, 1.54) is 0 Å². The average molecular weight is 313 g/mol. The molecule has 0 atom stereocenters. The predicted molar refractivity (Wildman–Crippen MR) is 91.7 cm³/mol. The van der Waals surface area contributed by atoms with Gasteiger partial charge in [0.2, 0.25) is 0 Å². The zero-order valence-electron chi connectivity index (χ0n) is 13.6. The van der Waals surface area contributed by atoms with Gasteiger partial charge in [-0.3, -0.25) is 4.79 Å². The second-order valence-electron chi connectivity index (χ2n) is 5.30. The van der Waals surface area contributed by atoms with Gasteiger partial charge in [-0.15, -0.1) is 0 Å². The minimum absolute atomic E-state index is 0.0485. The molecule has 0 aliphatic carbocycles. The highest BCUT2D eigenvalue weighted by Gasteiger charge is 2.10. The molecular formula is C19H23NO3. The average Bonchev–Trinajstić information content (AvgIpc) is 2.60. The Hall–Kier alpha value is -2.33. The standard InChI is InChI=1S/C19H23NO3/c1-3-15-8-6-9-16(4-2)19(15)20-18(22)13-23-17-10-5-7-14(11-17)12-21/h5-11,21H,3-4,12-13H2,1-2H3,(H,20,22). The van der Waals surface area contributed by atoms with Crippen LogP contribution in [0.15, 0.2) is 42.5 Å². The Morgan fingerprint density at radius 2 is 1.74 bits per heavy atom. The fraction of sp³-hybridized carbons (Fsp3) is 0.316. The number of carbonyl (C=O) groups excluding carboxylic acids is 1. The molecule has 0 aliphatic rings. The molecule has 0 fully saturated rings. The quantitative estimate of drug-likeness (QED) is 0.824. The van der Waals surface area contributed by atoms with E-state index in [1.807, 2.05) is 18.2 Å². The van der Waals surface area contributed by atoms with E-state index in [2.05, 4.69) is 19.2 Å². The molecule has 0 saturated carbocycles. The summed E-state index contributed by atoms with van der Waals surface area (Å²) in [5.41, 5.74) is 3.91. The number of aliphatic hydroxyl groups is 1. The van der Waals surface area contributed by atoms with Crippen molar-refractivity contribution in [3.8, 4) is 5.75 Å². The molecule has 0 spiro atoms. The molecule has 0 unspecified atom stereocenters. The number of aliphatic hydroxyl groups excluding tert-OH is 1. The van der Waals surface area contributed by atoms with E-state index < -0.39 is 0 Å². The molecular weight excluding hydrogens is 290 g/mol. The topological polar surface area (TPSA) is 58.6 Å². The Bertz CT molecular complexity index is 645. The second-order valence-corrected chi connectivity index (χ2v) is 5.30. The van der Waals surface area contributed by atoms with Gasteiger partial charge in [-0.2, -0.15) is 0 Å². The Balaban J connectivity index is 2.02. The largest absolute Gasteiger partial charge is 0.484 e. The third-order valence-corrected chi connectivity index (χ3v) is 3.71. The van der Waals surface area contributed by atoms with Crippen LogP contribution in [-0.2, 0) is 24.2 Å². The normalized spacial score (nSPS) is 10.4. The van der Waals surface area contributed by atoms with E-state index in [1.54, 1.807) is 24.3 Å². The van der Waals surface area contributed by atoms with Crippen LogP contribution in [0.4, 0.5) is 5.69 Å². The van der Waals surface area contributed by atoms with Crippen LogP contribution in [0, 0.1) is 0 Å². The van der Waals surface area contributed by atoms with Crippen molar-refractivity contribution in [1.82, 2.24) is 0 Å². The molecule has 4 nitrogen and oxygen atoms in total. The van der Waals surface area contributed by atoms with Crippen molar-refractivity contribution in [3.05, 3.63) is 59.2 Å². The van der Waals surface area contributed by atoms with E-state index in [0.717, 1.165) is 35.2 Å². The van der Waals surface area contributed by atoms with Gasteiger partial charge in [-0.05, 0) is 41.7 Å². The summed E-state index contributed by atoms with van der Waals surface area (Å²) in [6.45, 7) is 4.03. The number of hydrogen-bond acceptors (Lipinski definition) is 3. The zero-order chi connectivity index (χ0) is 16.7. The molecule has 0 aromatic heterocycles. The van der Waals surface area contributed by atoms with Crippen molar-refractivity contribution in [3.63, 3.8) is 0 Å². The molecule has 4 heteroatoms. The van der Waals surface area contributed by atoms with Gasteiger partial charge in [0.25, 0.3) is 5.91 Å². The first kappa shape index (κ1) is 17.0. The van der Waals surface area contributed by atoms with Crippen LogP contribution in [0.3, 0.4) is 0 Å². The summed E-state index contributed by atoms with van der Waals surface area (Å²) in [5.74, 6) is 0.390. The van der Waals surface area contributed by atoms with E-state index in [9.17, 15) is 4.79 Å². The number of para-hydroxylation sites is 1. The van der Waals surface area contributed by atoms with E-state index in [4.69, 9.17) is 9.84 Å². The maximum Gasteiger partial charge on any atom is 0.262 e. The summed E-state index contributed by atoms with van der Waals surface area (Å²) in [6, 6.07) is 13.2. The molecule has 2 rings (SSSR count). The highest BCUT2D eigenvalue weighted by atomic mass is 16.5. The van der Waals surface area contributed by atoms with Crippen LogP contribution in [-0.4, -0.2) is 17.6 Å². The molecule has 2 N–H and O–H groups in total. The summed E-state index contributed by atoms with van der Waals surface area (Å²) in [4.78, 5) is 12.2. The van der Waals surface area contributed by atoms with Crippen LogP contribution < -0.4 is 10.1 Å². The molecule has 0 saturated heterocycles. The number of anilines is 1. The number of rotatable bonds is 7. The summed E-state index contributed by atoms with van der Waals surface area (Å²) in [5, 5.41) is 12.1. The Kier molecular flexibility index (Phi) is 6.18. The first-order valence-corrected chi connectivity index (χ1v) is 7.91. The van der Waals surface area contributed by atoms with E-state index >= 15 is 0 Å². The molecule has 0 aliphatic heterocycles. The van der Waals surface area contributed by atoms with Gasteiger partial charge in [-0.1, -0.05) is 44.2 Å². The van der Waals surface area contributed by atoms with Gasteiger partial charge >= 0.3 is 0 Å². The lowest BCUT2D eigenvalue weighted by atomic mass is 10.0.